The molecule has 6 heteroatoms. The number of halogens is 1. The highest BCUT2D eigenvalue weighted by Gasteiger charge is 2.13. The monoisotopic (exact) mass is 454 g/mol. The second kappa shape index (κ2) is 9.09. The van der Waals surface area contributed by atoms with Crippen LogP contribution in [0.5, 0.6) is 0 Å². The number of nitrogens with zero attached hydrogens (tertiary/aromatic N) is 1. The van der Waals surface area contributed by atoms with Gasteiger partial charge in [-0.05, 0) is 74.4 Å². The van der Waals surface area contributed by atoms with Crippen LogP contribution in [0.3, 0.4) is 0 Å². The first-order valence-electron chi connectivity index (χ1n) is 9.40. The number of aryl methyl sites for hydroxylation is 3. The fourth-order valence-electron chi connectivity index (χ4n) is 3.23. The summed E-state index contributed by atoms with van der Waals surface area (Å²) in [7, 11) is 0. The van der Waals surface area contributed by atoms with Gasteiger partial charge in [-0.1, -0.05) is 28.9 Å². The van der Waals surface area contributed by atoms with Crippen LogP contribution in [0.4, 0.5) is 5.69 Å². The summed E-state index contributed by atoms with van der Waals surface area (Å²) in [5.41, 5.74) is 5.16. The number of rotatable bonds is 6. The Bertz CT molecular complexity index is 1040. The third-order valence-electron chi connectivity index (χ3n) is 4.67. The minimum atomic E-state index is -0.531. The second-order valence-corrected chi connectivity index (χ2v) is 7.70. The van der Waals surface area contributed by atoms with Gasteiger partial charge in [-0.25, -0.2) is 4.79 Å². The van der Waals surface area contributed by atoms with Crippen molar-refractivity contribution in [3.05, 3.63) is 81.6 Å². The quantitative estimate of drug-likeness (QED) is 0.519. The highest BCUT2D eigenvalue weighted by Crippen LogP contribution is 2.22. The van der Waals surface area contributed by atoms with Crippen molar-refractivity contribution in [2.24, 2.45) is 0 Å². The van der Waals surface area contributed by atoms with Crippen molar-refractivity contribution in [3.63, 3.8) is 0 Å². The first-order chi connectivity index (χ1) is 13.9. The number of carbonyl (C=O) groups excluding carboxylic acids is 2. The van der Waals surface area contributed by atoms with Gasteiger partial charge in [0.1, 0.15) is 0 Å². The van der Waals surface area contributed by atoms with Crippen LogP contribution < -0.4 is 5.32 Å². The van der Waals surface area contributed by atoms with Crippen molar-refractivity contribution in [2.45, 2.75) is 27.2 Å². The van der Waals surface area contributed by atoms with Crippen LogP contribution in [0.1, 0.15) is 34.2 Å². The van der Waals surface area contributed by atoms with E-state index in [1.807, 2.05) is 57.2 Å². The van der Waals surface area contributed by atoms with E-state index in [0.717, 1.165) is 39.2 Å². The number of hydrogen-bond acceptors (Lipinski definition) is 3. The third kappa shape index (κ3) is 4.95. The molecule has 0 bridgehead atoms. The summed E-state index contributed by atoms with van der Waals surface area (Å²) < 4.78 is 8.23. The third-order valence-corrected chi connectivity index (χ3v) is 5.16. The molecule has 0 saturated heterocycles. The van der Waals surface area contributed by atoms with Gasteiger partial charge in [-0.2, -0.15) is 0 Å². The summed E-state index contributed by atoms with van der Waals surface area (Å²) in [5.74, 6) is -0.903. The van der Waals surface area contributed by atoms with Gasteiger partial charge in [-0.3, -0.25) is 4.79 Å². The maximum absolute atomic E-state index is 12.4. The van der Waals surface area contributed by atoms with Crippen molar-refractivity contribution in [3.8, 4) is 5.69 Å². The highest BCUT2D eigenvalue weighted by atomic mass is 79.9. The highest BCUT2D eigenvalue weighted by molar-refractivity contribution is 9.10. The number of benzene rings is 2. The molecule has 0 unspecified atom stereocenters. The molecule has 3 aromatic rings. The largest absolute Gasteiger partial charge is 0.452 e. The van der Waals surface area contributed by atoms with Crippen LogP contribution >= 0.6 is 15.9 Å². The lowest BCUT2D eigenvalue weighted by atomic mass is 10.1. The SMILES string of the molecule is CCc1cc(Br)ccc1NC(=O)COC(=O)c1cccc(-n2c(C)ccc2C)c1. The van der Waals surface area contributed by atoms with Crippen LogP contribution in [-0.4, -0.2) is 23.1 Å². The lowest BCUT2D eigenvalue weighted by Gasteiger charge is -2.12. The van der Waals surface area contributed by atoms with Crippen molar-refractivity contribution in [1.29, 1.82) is 0 Å². The molecular weight excluding hydrogens is 432 g/mol. The minimum absolute atomic E-state index is 0.343. The average molecular weight is 455 g/mol. The van der Waals surface area contributed by atoms with E-state index in [1.54, 1.807) is 18.2 Å². The van der Waals surface area contributed by atoms with E-state index in [1.165, 1.54) is 0 Å². The molecule has 150 valence electrons. The van der Waals surface area contributed by atoms with Crippen LogP contribution in [0, 0.1) is 13.8 Å². The molecule has 1 heterocycles. The predicted octanol–water partition coefficient (Wildman–Crippen LogP) is 5.21. The summed E-state index contributed by atoms with van der Waals surface area (Å²) in [6, 6.07) is 16.9. The number of carbonyl (C=O) groups is 2. The lowest BCUT2D eigenvalue weighted by Crippen LogP contribution is -2.21. The van der Waals surface area contributed by atoms with E-state index >= 15 is 0 Å². The summed E-state index contributed by atoms with van der Waals surface area (Å²) in [5, 5.41) is 2.80. The van der Waals surface area contributed by atoms with Crippen molar-refractivity contribution in [1.82, 2.24) is 4.57 Å². The van der Waals surface area contributed by atoms with Gasteiger partial charge < -0.3 is 14.6 Å². The van der Waals surface area contributed by atoms with E-state index in [9.17, 15) is 9.59 Å². The molecule has 0 aliphatic rings. The summed E-state index contributed by atoms with van der Waals surface area (Å²) in [4.78, 5) is 24.7. The maximum atomic E-state index is 12.4. The topological polar surface area (TPSA) is 60.3 Å². The molecule has 0 aliphatic heterocycles. The number of aromatic nitrogens is 1. The van der Waals surface area contributed by atoms with Gasteiger partial charge in [0.05, 0.1) is 5.56 Å². The molecule has 0 fully saturated rings. The number of anilines is 1. The molecule has 5 nitrogen and oxygen atoms in total. The summed E-state index contributed by atoms with van der Waals surface area (Å²) in [6.45, 7) is 5.69. The molecule has 0 spiro atoms. The first-order valence-corrected chi connectivity index (χ1v) is 10.2. The Labute approximate surface area is 178 Å². The van der Waals surface area contributed by atoms with E-state index in [-0.39, 0.29) is 12.5 Å². The fourth-order valence-corrected chi connectivity index (χ4v) is 3.63. The molecule has 0 radical (unpaired) electrons. The smallest absolute Gasteiger partial charge is 0.338 e. The predicted molar refractivity (Wildman–Crippen MR) is 118 cm³/mol. The molecule has 1 amide bonds. The zero-order valence-corrected chi connectivity index (χ0v) is 18.2. The van der Waals surface area contributed by atoms with Crippen LogP contribution in [0.25, 0.3) is 5.69 Å². The number of nitrogens with one attached hydrogen (secondary N) is 1. The minimum Gasteiger partial charge on any atom is -0.452 e. The number of esters is 1. The van der Waals surface area contributed by atoms with Crippen LogP contribution in [0.2, 0.25) is 0 Å². The van der Waals surface area contributed by atoms with Crippen LogP contribution in [0.15, 0.2) is 59.1 Å². The Hall–Kier alpha value is -2.86. The molecule has 29 heavy (non-hydrogen) atoms. The molecule has 3 rings (SSSR count). The Kier molecular flexibility index (Phi) is 6.54. The Morgan fingerprint density at radius 3 is 2.45 bits per heavy atom. The molecule has 2 aromatic carbocycles. The molecule has 0 atom stereocenters. The molecular formula is C23H23BrN2O3. The number of hydrogen-bond donors (Lipinski definition) is 1. The van der Waals surface area contributed by atoms with Gasteiger partial charge in [0, 0.05) is 27.2 Å². The second-order valence-electron chi connectivity index (χ2n) is 6.78. The van der Waals surface area contributed by atoms with Crippen LogP contribution in [-0.2, 0) is 16.0 Å². The Balaban J connectivity index is 1.65. The fraction of sp³-hybridized carbons (Fsp3) is 0.217. The van der Waals surface area contributed by atoms with E-state index in [2.05, 4.69) is 25.8 Å². The van der Waals surface area contributed by atoms with Gasteiger partial charge in [-0.15, -0.1) is 0 Å². The number of ether oxygens (including phenoxy) is 1. The van der Waals surface area contributed by atoms with E-state index in [0.29, 0.717) is 5.56 Å². The maximum Gasteiger partial charge on any atom is 0.338 e. The number of amides is 1. The zero-order valence-electron chi connectivity index (χ0n) is 16.7. The molecule has 0 aliphatic carbocycles. The molecule has 0 saturated carbocycles. The van der Waals surface area contributed by atoms with Crippen molar-refractivity contribution < 1.29 is 14.3 Å². The van der Waals surface area contributed by atoms with Gasteiger partial charge >= 0.3 is 5.97 Å². The Morgan fingerprint density at radius 1 is 1.03 bits per heavy atom. The van der Waals surface area contributed by atoms with Crippen molar-refractivity contribution >= 4 is 33.5 Å². The zero-order chi connectivity index (χ0) is 21.0. The summed E-state index contributed by atoms with van der Waals surface area (Å²) >= 11 is 3.42. The first kappa shape index (κ1) is 20.9. The summed E-state index contributed by atoms with van der Waals surface area (Å²) in [6.07, 6.45) is 0.778. The van der Waals surface area contributed by atoms with Gasteiger partial charge in [0.15, 0.2) is 6.61 Å². The van der Waals surface area contributed by atoms with Gasteiger partial charge in [0.2, 0.25) is 0 Å². The standard InChI is InChI=1S/C23H23BrN2O3/c1-4-17-12-19(24)10-11-21(17)25-22(27)14-29-23(28)18-6-5-7-20(13-18)26-15(2)8-9-16(26)3/h5-13H,4,14H2,1-3H3,(H,25,27). The lowest BCUT2D eigenvalue weighted by molar-refractivity contribution is -0.119. The normalized spacial score (nSPS) is 10.6. The Morgan fingerprint density at radius 2 is 1.76 bits per heavy atom. The van der Waals surface area contributed by atoms with Crippen molar-refractivity contribution in [2.75, 3.05) is 11.9 Å². The molecule has 1 N–H and O–H groups in total. The van der Waals surface area contributed by atoms with E-state index in [4.69, 9.17) is 4.74 Å². The molecule has 1 aromatic heterocycles. The average Bonchev–Trinajstić information content (AvgIpc) is 3.05. The van der Waals surface area contributed by atoms with Gasteiger partial charge in [0.25, 0.3) is 5.91 Å². The van der Waals surface area contributed by atoms with E-state index < -0.39 is 5.97 Å².